The van der Waals surface area contributed by atoms with Gasteiger partial charge in [0, 0.05) is 19.3 Å². The van der Waals surface area contributed by atoms with Crippen LogP contribution in [0, 0.1) is 5.95 Å². The molecule has 1 unspecified atom stereocenters. The van der Waals surface area contributed by atoms with Crippen LogP contribution in [-0.2, 0) is 0 Å². The first kappa shape index (κ1) is 12.0. The van der Waals surface area contributed by atoms with Crippen LogP contribution in [0.1, 0.15) is 30.1 Å². The molecule has 1 aliphatic heterocycles. The van der Waals surface area contributed by atoms with Gasteiger partial charge in [-0.2, -0.15) is 4.39 Å². The van der Waals surface area contributed by atoms with E-state index in [2.05, 4.69) is 4.98 Å². The van der Waals surface area contributed by atoms with Crippen molar-refractivity contribution in [3.8, 4) is 0 Å². The molecule has 1 aromatic heterocycles. The van der Waals surface area contributed by atoms with E-state index >= 15 is 0 Å². The van der Waals surface area contributed by atoms with E-state index in [-0.39, 0.29) is 5.91 Å². The fourth-order valence-electron chi connectivity index (χ4n) is 2.08. The number of carbonyl (C=O) groups excluding carboxylic acids is 1. The van der Waals surface area contributed by atoms with Gasteiger partial charge in [0.05, 0.1) is 11.2 Å². The predicted molar refractivity (Wildman–Crippen MR) is 60.0 cm³/mol. The molecular weight excluding hydrogens is 223 g/mol. The van der Waals surface area contributed by atoms with Gasteiger partial charge < -0.3 is 10.0 Å². The summed E-state index contributed by atoms with van der Waals surface area (Å²) in [6.07, 6.45) is 2.69. The average molecular weight is 238 g/mol. The van der Waals surface area contributed by atoms with Gasteiger partial charge in [0.1, 0.15) is 0 Å². The maximum absolute atomic E-state index is 12.6. The summed E-state index contributed by atoms with van der Waals surface area (Å²) in [6, 6.07) is 2.57. The standard InChI is InChI=1S/C12H15FN2O2/c1-12(17)5-2-6-15(8-12)11(16)9-3-4-10(13)14-7-9/h3-4,7,17H,2,5-6,8H2,1H3. The summed E-state index contributed by atoms with van der Waals surface area (Å²) in [5.41, 5.74) is -0.481. The van der Waals surface area contributed by atoms with Gasteiger partial charge in [-0.3, -0.25) is 4.79 Å². The third-order valence-electron chi connectivity index (χ3n) is 2.94. The van der Waals surface area contributed by atoms with Crippen molar-refractivity contribution in [2.24, 2.45) is 0 Å². The second kappa shape index (κ2) is 4.41. The van der Waals surface area contributed by atoms with Crippen LogP contribution in [0.2, 0.25) is 0 Å². The van der Waals surface area contributed by atoms with E-state index in [0.717, 1.165) is 12.5 Å². The second-order valence-corrected chi connectivity index (χ2v) is 4.70. The third kappa shape index (κ3) is 2.79. The van der Waals surface area contributed by atoms with Crippen molar-refractivity contribution in [3.63, 3.8) is 0 Å². The molecule has 92 valence electrons. The Morgan fingerprint density at radius 1 is 1.59 bits per heavy atom. The molecular formula is C12H15FN2O2. The van der Waals surface area contributed by atoms with E-state index in [0.29, 0.717) is 25.1 Å². The van der Waals surface area contributed by atoms with E-state index in [4.69, 9.17) is 0 Å². The number of pyridine rings is 1. The number of likely N-dealkylation sites (tertiary alicyclic amines) is 1. The largest absolute Gasteiger partial charge is 0.388 e. The predicted octanol–water partition coefficient (Wildman–Crippen LogP) is 1.21. The van der Waals surface area contributed by atoms with Crippen LogP contribution in [0.4, 0.5) is 4.39 Å². The number of hydrogen-bond acceptors (Lipinski definition) is 3. The first-order valence-corrected chi connectivity index (χ1v) is 5.61. The molecule has 1 atom stereocenters. The van der Waals surface area contributed by atoms with Crippen LogP contribution in [-0.4, -0.2) is 39.6 Å². The summed E-state index contributed by atoms with van der Waals surface area (Å²) in [6.45, 7) is 2.64. The summed E-state index contributed by atoms with van der Waals surface area (Å²) in [7, 11) is 0. The van der Waals surface area contributed by atoms with Crippen LogP contribution in [0.5, 0.6) is 0 Å². The monoisotopic (exact) mass is 238 g/mol. The van der Waals surface area contributed by atoms with Gasteiger partial charge in [0.25, 0.3) is 5.91 Å². The maximum Gasteiger partial charge on any atom is 0.255 e. The Bertz CT molecular complexity index is 417. The molecule has 1 aliphatic rings. The number of halogens is 1. The summed E-state index contributed by atoms with van der Waals surface area (Å²) in [5.74, 6) is -0.815. The number of β-amino-alcohol motifs (C(OH)–C–C–N with tert-alkyl or cyclic N) is 1. The van der Waals surface area contributed by atoms with Gasteiger partial charge in [-0.25, -0.2) is 4.98 Å². The molecule has 1 aromatic rings. The van der Waals surface area contributed by atoms with Crippen molar-refractivity contribution in [2.45, 2.75) is 25.4 Å². The Hall–Kier alpha value is -1.49. The molecule has 0 spiro atoms. The summed E-state index contributed by atoms with van der Waals surface area (Å²) in [4.78, 5) is 17.1. The van der Waals surface area contributed by atoms with Crippen molar-refractivity contribution < 1.29 is 14.3 Å². The van der Waals surface area contributed by atoms with Crippen LogP contribution in [0.15, 0.2) is 18.3 Å². The van der Waals surface area contributed by atoms with Gasteiger partial charge in [0.2, 0.25) is 5.95 Å². The Balaban J connectivity index is 2.12. The highest BCUT2D eigenvalue weighted by Crippen LogP contribution is 2.21. The molecule has 4 nitrogen and oxygen atoms in total. The van der Waals surface area contributed by atoms with Crippen LogP contribution in [0.3, 0.4) is 0 Å². The number of nitrogens with zero attached hydrogens (tertiary/aromatic N) is 2. The highest BCUT2D eigenvalue weighted by atomic mass is 19.1. The lowest BCUT2D eigenvalue weighted by Gasteiger charge is -2.36. The fraction of sp³-hybridized carbons (Fsp3) is 0.500. The molecule has 1 fully saturated rings. The first-order valence-electron chi connectivity index (χ1n) is 5.61. The molecule has 5 heteroatoms. The smallest absolute Gasteiger partial charge is 0.255 e. The topological polar surface area (TPSA) is 53.4 Å². The summed E-state index contributed by atoms with van der Waals surface area (Å²) < 4.78 is 12.6. The first-order chi connectivity index (χ1) is 7.98. The minimum atomic E-state index is -0.832. The average Bonchev–Trinajstić information content (AvgIpc) is 2.28. The molecule has 2 rings (SSSR count). The molecule has 1 saturated heterocycles. The highest BCUT2D eigenvalue weighted by Gasteiger charge is 2.31. The Morgan fingerprint density at radius 3 is 2.94 bits per heavy atom. The number of rotatable bonds is 1. The van der Waals surface area contributed by atoms with Gasteiger partial charge in [-0.1, -0.05) is 0 Å². The van der Waals surface area contributed by atoms with E-state index in [1.54, 1.807) is 11.8 Å². The molecule has 0 aliphatic carbocycles. The minimum absolute atomic E-state index is 0.211. The summed E-state index contributed by atoms with van der Waals surface area (Å²) >= 11 is 0. The number of carbonyl (C=O) groups is 1. The van der Waals surface area contributed by atoms with Crippen LogP contribution >= 0.6 is 0 Å². The lowest BCUT2D eigenvalue weighted by molar-refractivity contribution is -0.0107. The zero-order valence-electron chi connectivity index (χ0n) is 9.69. The van der Waals surface area contributed by atoms with Gasteiger partial charge in [0.15, 0.2) is 0 Å². The molecule has 0 saturated carbocycles. The molecule has 0 aromatic carbocycles. The zero-order valence-corrected chi connectivity index (χ0v) is 9.69. The Morgan fingerprint density at radius 2 is 2.35 bits per heavy atom. The molecule has 1 amide bonds. The molecule has 0 radical (unpaired) electrons. The van der Waals surface area contributed by atoms with Crippen molar-refractivity contribution in [1.82, 2.24) is 9.88 Å². The van der Waals surface area contributed by atoms with E-state index in [1.807, 2.05) is 0 Å². The van der Waals surface area contributed by atoms with Crippen LogP contribution < -0.4 is 0 Å². The Labute approximate surface area is 99.1 Å². The molecule has 1 N–H and O–H groups in total. The lowest BCUT2D eigenvalue weighted by atomic mass is 9.95. The van der Waals surface area contributed by atoms with E-state index in [1.165, 1.54) is 12.3 Å². The molecule has 2 heterocycles. The van der Waals surface area contributed by atoms with Gasteiger partial charge in [-0.15, -0.1) is 0 Å². The fourth-order valence-corrected chi connectivity index (χ4v) is 2.08. The van der Waals surface area contributed by atoms with E-state index in [9.17, 15) is 14.3 Å². The number of aliphatic hydroxyl groups is 1. The van der Waals surface area contributed by atoms with Crippen molar-refractivity contribution in [3.05, 3.63) is 29.8 Å². The zero-order chi connectivity index (χ0) is 12.5. The van der Waals surface area contributed by atoms with Crippen LogP contribution in [0.25, 0.3) is 0 Å². The van der Waals surface area contributed by atoms with Crippen molar-refractivity contribution >= 4 is 5.91 Å². The summed E-state index contributed by atoms with van der Waals surface area (Å²) in [5, 5.41) is 9.92. The highest BCUT2D eigenvalue weighted by molar-refractivity contribution is 5.94. The number of aromatic nitrogens is 1. The second-order valence-electron chi connectivity index (χ2n) is 4.70. The van der Waals surface area contributed by atoms with Crippen molar-refractivity contribution in [2.75, 3.05) is 13.1 Å². The third-order valence-corrected chi connectivity index (χ3v) is 2.94. The van der Waals surface area contributed by atoms with Gasteiger partial charge in [-0.05, 0) is 31.9 Å². The SMILES string of the molecule is CC1(O)CCCN(C(=O)c2ccc(F)nc2)C1. The minimum Gasteiger partial charge on any atom is -0.388 e. The normalized spacial score (nSPS) is 24.8. The molecule has 17 heavy (non-hydrogen) atoms. The number of hydrogen-bond donors (Lipinski definition) is 1. The Kier molecular flexibility index (Phi) is 3.11. The van der Waals surface area contributed by atoms with Crippen molar-refractivity contribution in [1.29, 1.82) is 0 Å². The maximum atomic E-state index is 12.6. The lowest BCUT2D eigenvalue weighted by Crippen LogP contribution is -2.48. The number of amides is 1. The number of piperidine rings is 1. The molecule has 0 bridgehead atoms. The van der Waals surface area contributed by atoms with E-state index < -0.39 is 11.5 Å². The quantitative estimate of drug-likeness (QED) is 0.748. The van der Waals surface area contributed by atoms with Gasteiger partial charge >= 0.3 is 0 Å².